The third-order valence-electron chi connectivity index (χ3n) is 7.18. The number of amides is 1. The average Bonchev–Trinajstić information content (AvgIpc) is 3.56. The summed E-state index contributed by atoms with van der Waals surface area (Å²) >= 11 is 1.48. The molecule has 44 heavy (non-hydrogen) atoms. The van der Waals surface area contributed by atoms with Crippen molar-refractivity contribution in [1.29, 1.82) is 0 Å². The van der Waals surface area contributed by atoms with Crippen molar-refractivity contribution < 1.29 is 24.5 Å². The molecule has 3 atom stereocenters. The van der Waals surface area contributed by atoms with Gasteiger partial charge in [-0.2, -0.15) is 4.68 Å². The number of tetrazole rings is 1. The van der Waals surface area contributed by atoms with Crippen molar-refractivity contribution in [2.24, 2.45) is 0 Å². The third-order valence-corrected chi connectivity index (χ3v) is 8.23. The number of nitrogens with one attached hydrogen (secondary N) is 1. The highest BCUT2D eigenvalue weighted by atomic mass is 32.2. The van der Waals surface area contributed by atoms with Crippen LogP contribution in [0.2, 0.25) is 0 Å². The average molecular weight is 611 g/mol. The number of ether oxygens (including phenoxy) is 2. The van der Waals surface area contributed by atoms with Crippen LogP contribution < -0.4 is 5.32 Å². The molecule has 1 saturated heterocycles. The zero-order chi connectivity index (χ0) is 30.3. The highest BCUT2D eigenvalue weighted by Crippen LogP contribution is 2.39. The number of phenolic OH excluding ortho intramolecular Hbond substituents is 1. The molecule has 12 heteroatoms. The second kappa shape index (κ2) is 13.8. The van der Waals surface area contributed by atoms with Crippen LogP contribution in [0.25, 0.3) is 5.69 Å². The van der Waals surface area contributed by atoms with Crippen LogP contribution in [0.3, 0.4) is 0 Å². The van der Waals surface area contributed by atoms with Crippen LogP contribution in [0.15, 0.2) is 102 Å². The Morgan fingerprint density at radius 3 is 2.43 bits per heavy atom. The van der Waals surface area contributed by atoms with Crippen LogP contribution in [-0.2, 0) is 22.6 Å². The van der Waals surface area contributed by atoms with Gasteiger partial charge in [0.25, 0.3) is 5.91 Å². The van der Waals surface area contributed by atoms with Crippen LogP contribution in [0.1, 0.15) is 51.4 Å². The van der Waals surface area contributed by atoms with Crippen molar-refractivity contribution in [3.8, 4) is 11.4 Å². The first-order chi connectivity index (χ1) is 21.6. The largest absolute Gasteiger partial charge is 0.508 e. The molecular formula is C32H30N6O5S. The zero-order valence-electron chi connectivity index (χ0n) is 23.6. The lowest BCUT2D eigenvalue weighted by Crippen LogP contribution is -2.31. The van der Waals surface area contributed by atoms with E-state index in [2.05, 4.69) is 25.8 Å². The summed E-state index contributed by atoms with van der Waals surface area (Å²) in [5.74, 6) is 0.549. The number of carbonyl (C=O) groups is 1. The number of aliphatic hydroxyl groups is 1. The van der Waals surface area contributed by atoms with Crippen LogP contribution in [0, 0.1) is 0 Å². The summed E-state index contributed by atoms with van der Waals surface area (Å²) in [4.78, 5) is 16.4. The van der Waals surface area contributed by atoms with Gasteiger partial charge in [0.2, 0.25) is 5.16 Å². The first kappa shape index (κ1) is 29.5. The van der Waals surface area contributed by atoms with E-state index in [4.69, 9.17) is 9.47 Å². The number of aromatic nitrogens is 5. The maximum Gasteiger partial charge on any atom is 0.253 e. The molecule has 5 aromatic rings. The SMILES string of the molecule is O=C(NCc1ccc([C@@H]2O[C@H](CSc3nnnn3-c3ccc(O)cc3)C[C@H](c3ccc(CO)cc3)O2)cc1)c1cccnc1. The highest BCUT2D eigenvalue weighted by Gasteiger charge is 2.32. The van der Waals surface area contributed by atoms with Crippen LogP contribution in [0.5, 0.6) is 5.75 Å². The van der Waals surface area contributed by atoms with Crippen molar-refractivity contribution in [2.75, 3.05) is 5.75 Å². The second-order valence-electron chi connectivity index (χ2n) is 10.2. The van der Waals surface area contributed by atoms with Crippen LogP contribution in [-0.4, -0.2) is 53.2 Å². The number of benzene rings is 3. The predicted molar refractivity (Wildman–Crippen MR) is 162 cm³/mol. The molecule has 3 heterocycles. The van der Waals surface area contributed by atoms with E-state index < -0.39 is 6.29 Å². The van der Waals surface area contributed by atoms with E-state index in [1.807, 2.05) is 48.5 Å². The van der Waals surface area contributed by atoms with Gasteiger partial charge >= 0.3 is 0 Å². The number of hydrogen-bond donors (Lipinski definition) is 3. The maximum atomic E-state index is 12.4. The fraction of sp³-hybridized carbons (Fsp3) is 0.219. The second-order valence-corrected chi connectivity index (χ2v) is 11.2. The summed E-state index contributed by atoms with van der Waals surface area (Å²) in [6.07, 6.45) is 2.73. The summed E-state index contributed by atoms with van der Waals surface area (Å²) in [6.45, 7) is 0.344. The lowest BCUT2D eigenvalue weighted by atomic mass is 10.0. The van der Waals surface area contributed by atoms with Gasteiger partial charge in [0, 0.05) is 36.7 Å². The molecular weight excluding hydrogens is 580 g/mol. The molecule has 0 radical (unpaired) electrons. The van der Waals surface area contributed by atoms with Gasteiger partial charge in [-0.15, -0.1) is 5.10 Å². The minimum absolute atomic E-state index is 0.0262. The Balaban J connectivity index is 1.16. The number of phenols is 1. The summed E-state index contributed by atoms with van der Waals surface area (Å²) in [5.41, 5.74) is 4.86. The summed E-state index contributed by atoms with van der Waals surface area (Å²) in [6, 6.07) is 25.6. The molecule has 0 unspecified atom stereocenters. The van der Waals surface area contributed by atoms with E-state index in [-0.39, 0.29) is 30.5 Å². The van der Waals surface area contributed by atoms with Crippen molar-refractivity contribution in [3.05, 3.63) is 125 Å². The molecule has 0 bridgehead atoms. The predicted octanol–water partition coefficient (Wildman–Crippen LogP) is 4.52. The monoisotopic (exact) mass is 610 g/mol. The number of rotatable bonds is 10. The molecule has 6 rings (SSSR count). The Labute approximate surface area is 257 Å². The minimum Gasteiger partial charge on any atom is -0.508 e. The van der Waals surface area contributed by atoms with Crippen molar-refractivity contribution in [3.63, 3.8) is 0 Å². The van der Waals surface area contributed by atoms with E-state index in [1.54, 1.807) is 47.3 Å². The van der Waals surface area contributed by atoms with Gasteiger partial charge in [0.15, 0.2) is 6.29 Å². The molecule has 0 saturated carbocycles. The number of thioether (sulfide) groups is 1. The topological polar surface area (TPSA) is 145 Å². The van der Waals surface area contributed by atoms with E-state index >= 15 is 0 Å². The first-order valence-corrected chi connectivity index (χ1v) is 15.0. The highest BCUT2D eigenvalue weighted by molar-refractivity contribution is 7.99. The third kappa shape index (κ3) is 7.12. The molecule has 1 fully saturated rings. The fourth-order valence-corrected chi connectivity index (χ4v) is 5.70. The van der Waals surface area contributed by atoms with Gasteiger partial charge in [0.1, 0.15) is 5.75 Å². The van der Waals surface area contributed by atoms with E-state index in [9.17, 15) is 15.0 Å². The summed E-state index contributed by atoms with van der Waals surface area (Å²) in [7, 11) is 0. The number of nitrogens with zero attached hydrogens (tertiary/aromatic N) is 5. The Bertz CT molecular complexity index is 1670. The fourth-order valence-electron chi connectivity index (χ4n) is 4.79. The first-order valence-electron chi connectivity index (χ1n) is 14.0. The van der Waals surface area contributed by atoms with Gasteiger partial charge in [-0.1, -0.05) is 60.3 Å². The molecule has 0 spiro atoms. The number of carbonyl (C=O) groups excluding carboxylic acids is 1. The van der Waals surface area contributed by atoms with Crippen molar-refractivity contribution >= 4 is 17.7 Å². The van der Waals surface area contributed by atoms with Gasteiger partial charge in [0.05, 0.1) is 30.1 Å². The molecule has 1 aliphatic rings. The molecule has 0 aliphatic carbocycles. The van der Waals surface area contributed by atoms with Gasteiger partial charge in [-0.25, -0.2) is 0 Å². The molecule has 1 amide bonds. The van der Waals surface area contributed by atoms with Crippen LogP contribution >= 0.6 is 11.8 Å². The normalized spacial score (nSPS) is 18.2. The molecule has 3 N–H and O–H groups in total. The smallest absolute Gasteiger partial charge is 0.253 e. The number of hydrogen-bond acceptors (Lipinski definition) is 10. The molecule has 224 valence electrons. The molecule has 1 aliphatic heterocycles. The van der Waals surface area contributed by atoms with Crippen LogP contribution in [0.4, 0.5) is 0 Å². The Kier molecular flexibility index (Phi) is 9.22. The Morgan fingerprint density at radius 2 is 1.70 bits per heavy atom. The number of pyridine rings is 1. The lowest BCUT2D eigenvalue weighted by Gasteiger charge is -2.36. The Morgan fingerprint density at radius 1 is 0.955 bits per heavy atom. The minimum atomic E-state index is -0.621. The van der Waals surface area contributed by atoms with Crippen molar-refractivity contribution in [2.45, 2.75) is 43.2 Å². The number of aliphatic hydroxyl groups excluding tert-OH is 1. The van der Waals surface area contributed by atoms with E-state index in [0.29, 0.717) is 29.4 Å². The van der Waals surface area contributed by atoms with Gasteiger partial charge < -0.3 is 25.0 Å². The lowest BCUT2D eigenvalue weighted by molar-refractivity contribution is -0.245. The van der Waals surface area contributed by atoms with Crippen molar-refractivity contribution in [1.82, 2.24) is 30.5 Å². The zero-order valence-corrected chi connectivity index (χ0v) is 24.4. The Hall–Kier alpha value is -4.62. The van der Waals surface area contributed by atoms with Gasteiger partial charge in [-0.05, 0) is 63.5 Å². The van der Waals surface area contributed by atoms with E-state index in [1.165, 1.54) is 18.0 Å². The maximum absolute atomic E-state index is 12.4. The quantitative estimate of drug-likeness (QED) is 0.193. The summed E-state index contributed by atoms with van der Waals surface area (Å²) < 4.78 is 14.5. The standard InChI is InChI=1S/C32H30N6O5S/c39-19-22-5-7-23(8-6-22)29-16-28(20-44-32-35-36-37-38(32)26-11-13-27(40)14-12-26)42-31(43-29)24-9-3-21(4-10-24)17-34-30(41)25-2-1-15-33-18-25/h1-15,18,28-29,31,39-40H,16-17,19-20H2,(H,34,41)/t28-,29+,31+/m0/s1. The van der Waals surface area contributed by atoms with Gasteiger partial charge in [-0.3, -0.25) is 9.78 Å². The summed E-state index contributed by atoms with van der Waals surface area (Å²) in [5, 5.41) is 34.8. The van der Waals surface area contributed by atoms with E-state index in [0.717, 1.165) is 27.9 Å². The molecule has 11 nitrogen and oxygen atoms in total. The number of aromatic hydroxyl groups is 1. The molecule has 3 aromatic carbocycles. The molecule has 2 aromatic heterocycles.